The lowest BCUT2D eigenvalue weighted by Crippen LogP contribution is -2.28. The molecule has 11 aromatic rings. The highest BCUT2D eigenvalue weighted by Gasteiger charge is 2.46. The normalized spacial score (nSPS) is 14.0. The molecule has 1 unspecified atom stereocenters. The number of hydrogen-bond donors (Lipinski definition) is 0. The summed E-state index contributed by atoms with van der Waals surface area (Å²) < 4.78 is 0. The van der Waals surface area contributed by atoms with Gasteiger partial charge in [0.15, 0.2) is 0 Å². The first-order valence-electron chi connectivity index (χ1n) is 22.2. The number of anilines is 3. The van der Waals surface area contributed by atoms with Crippen LogP contribution in [-0.2, 0) is 5.41 Å². The van der Waals surface area contributed by atoms with Gasteiger partial charge in [-0.1, -0.05) is 224 Å². The molecule has 11 aromatic carbocycles. The molecule has 1 nitrogen and oxygen atoms in total. The number of nitrogens with zero attached hydrogens (tertiary/aromatic N) is 1. The van der Waals surface area contributed by atoms with Gasteiger partial charge in [0, 0.05) is 17.1 Å². The fraction of sp³-hybridized carbons (Fsp3) is 0.0159. The molecular formula is C63H43N. The minimum Gasteiger partial charge on any atom is -0.310 e. The largest absolute Gasteiger partial charge is 0.310 e. The van der Waals surface area contributed by atoms with Gasteiger partial charge in [0.25, 0.3) is 0 Å². The molecule has 64 heavy (non-hydrogen) atoms. The zero-order chi connectivity index (χ0) is 42.5. The zero-order valence-corrected chi connectivity index (χ0v) is 35.3. The van der Waals surface area contributed by atoms with E-state index in [4.69, 9.17) is 0 Å². The van der Waals surface area contributed by atoms with Crippen LogP contribution in [0.15, 0.2) is 261 Å². The monoisotopic (exact) mass is 813 g/mol. The second-order valence-electron chi connectivity index (χ2n) is 16.8. The summed E-state index contributed by atoms with van der Waals surface area (Å²) in [4.78, 5) is 2.43. The molecule has 0 bridgehead atoms. The summed E-state index contributed by atoms with van der Waals surface area (Å²) in [7, 11) is 0. The summed E-state index contributed by atoms with van der Waals surface area (Å²) >= 11 is 0. The van der Waals surface area contributed by atoms with E-state index in [0.717, 1.165) is 17.1 Å². The van der Waals surface area contributed by atoms with Crippen LogP contribution >= 0.6 is 0 Å². The van der Waals surface area contributed by atoms with E-state index in [1.54, 1.807) is 0 Å². The number of rotatable bonds is 8. The van der Waals surface area contributed by atoms with Gasteiger partial charge in [0.05, 0.1) is 5.41 Å². The van der Waals surface area contributed by atoms with Gasteiger partial charge < -0.3 is 4.90 Å². The molecule has 0 fully saturated rings. The zero-order valence-electron chi connectivity index (χ0n) is 35.3. The highest BCUT2D eigenvalue weighted by atomic mass is 15.1. The van der Waals surface area contributed by atoms with Gasteiger partial charge in [-0.25, -0.2) is 0 Å². The van der Waals surface area contributed by atoms with Gasteiger partial charge in [-0.3, -0.25) is 0 Å². The maximum atomic E-state index is 2.46. The van der Waals surface area contributed by atoms with Crippen molar-refractivity contribution in [2.75, 3.05) is 4.90 Å². The van der Waals surface area contributed by atoms with E-state index in [9.17, 15) is 0 Å². The Morgan fingerprint density at radius 3 is 1.28 bits per heavy atom. The first-order chi connectivity index (χ1) is 31.7. The maximum Gasteiger partial charge on any atom is 0.0714 e. The highest BCUT2D eigenvalue weighted by molar-refractivity contribution is 5.98. The Kier molecular flexibility index (Phi) is 9.13. The average molecular weight is 814 g/mol. The Morgan fingerprint density at radius 1 is 0.250 bits per heavy atom. The van der Waals surface area contributed by atoms with Crippen molar-refractivity contribution in [1.29, 1.82) is 0 Å². The molecule has 0 N–H and O–H groups in total. The molecule has 12 rings (SSSR count). The molecule has 1 aliphatic carbocycles. The third kappa shape index (κ3) is 6.16. The summed E-state index contributed by atoms with van der Waals surface area (Å²) in [6, 6.07) is 95.9. The lowest BCUT2D eigenvalue weighted by molar-refractivity contribution is 0.768. The summed E-state index contributed by atoms with van der Waals surface area (Å²) in [5, 5.41) is 5.00. The van der Waals surface area contributed by atoms with E-state index in [2.05, 4.69) is 266 Å². The van der Waals surface area contributed by atoms with Crippen LogP contribution in [0.2, 0.25) is 0 Å². The first kappa shape index (κ1) is 37.5. The fourth-order valence-electron chi connectivity index (χ4n) is 10.4. The molecule has 0 radical (unpaired) electrons. The quantitative estimate of drug-likeness (QED) is 0.148. The number of hydrogen-bond acceptors (Lipinski definition) is 1. The van der Waals surface area contributed by atoms with Crippen molar-refractivity contribution < 1.29 is 0 Å². The maximum absolute atomic E-state index is 2.46. The van der Waals surface area contributed by atoms with Crippen molar-refractivity contribution in [2.45, 2.75) is 5.41 Å². The second-order valence-corrected chi connectivity index (χ2v) is 16.8. The minimum absolute atomic E-state index is 0.555. The van der Waals surface area contributed by atoms with E-state index in [1.807, 2.05) is 0 Å². The summed E-state index contributed by atoms with van der Waals surface area (Å²) in [5.74, 6) is 0. The Labute approximate surface area is 374 Å². The lowest BCUT2D eigenvalue weighted by Gasteiger charge is -2.35. The molecule has 0 spiro atoms. The molecule has 1 heteroatoms. The number of benzene rings is 11. The van der Waals surface area contributed by atoms with Crippen LogP contribution in [0.3, 0.4) is 0 Å². The van der Waals surface area contributed by atoms with Gasteiger partial charge >= 0.3 is 0 Å². The molecule has 0 saturated heterocycles. The summed E-state index contributed by atoms with van der Waals surface area (Å²) in [6.45, 7) is 0. The van der Waals surface area contributed by atoms with E-state index >= 15 is 0 Å². The van der Waals surface area contributed by atoms with Crippen LogP contribution in [0.1, 0.15) is 22.3 Å². The van der Waals surface area contributed by atoms with Crippen molar-refractivity contribution in [3.63, 3.8) is 0 Å². The SMILES string of the molecule is c1ccc(-c2ccc(C3(c4ccccc4)c4ccccc4-c4ccc(N(c5ccc(-c6cccc7ccccc67)cc5)c5ccc(-c6cccc7ccccc67)cc5)cc43)cc2)cc1. The summed E-state index contributed by atoms with van der Waals surface area (Å²) in [5.41, 5.74) is 17.6. The molecular weight excluding hydrogens is 771 g/mol. The van der Waals surface area contributed by atoms with E-state index in [1.165, 1.54) is 88.3 Å². The van der Waals surface area contributed by atoms with Crippen LogP contribution in [0.25, 0.3) is 66.1 Å². The predicted molar refractivity (Wildman–Crippen MR) is 270 cm³/mol. The third-order valence-electron chi connectivity index (χ3n) is 13.4. The van der Waals surface area contributed by atoms with E-state index in [-0.39, 0.29) is 0 Å². The highest BCUT2D eigenvalue weighted by Crippen LogP contribution is 2.57. The molecule has 0 heterocycles. The topological polar surface area (TPSA) is 3.24 Å². The van der Waals surface area contributed by atoms with Crippen LogP contribution in [-0.4, -0.2) is 0 Å². The summed E-state index contributed by atoms with van der Waals surface area (Å²) in [6.07, 6.45) is 0. The molecule has 0 aromatic heterocycles. The average Bonchev–Trinajstić information content (AvgIpc) is 3.67. The van der Waals surface area contributed by atoms with Crippen molar-refractivity contribution in [2.24, 2.45) is 0 Å². The van der Waals surface area contributed by atoms with Crippen LogP contribution in [0.4, 0.5) is 17.1 Å². The third-order valence-corrected chi connectivity index (χ3v) is 13.4. The van der Waals surface area contributed by atoms with E-state index < -0.39 is 5.41 Å². The fourth-order valence-corrected chi connectivity index (χ4v) is 10.4. The van der Waals surface area contributed by atoms with Crippen molar-refractivity contribution in [1.82, 2.24) is 0 Å². The first-order valence-corrected chi connectivity index (χ1v) is 22.2. The van der Waals surface area contributed by atoms with Gasteiger partial charge in [-0.2, -0.15) is 0 Å². The Balaban J connectivity index is 1.05. The van der Waals surface area contributed by atoms with Crippen molar-refractivity contribution >= 4 is 38.6 Å². The Bertz CT molecular complexity index is 3330. The minimum atomic E-state index is -0.555. The molecule has 1 aliphatic rings. The van der Waals surface area contributed by atoms with E-state index in [0.29, 0.717) is 0 Å². The molecule has 300 valence electrons. The van der Waals surface area contributed by atoms with Crippen LogP contribution in [0.5, 0.6) is 0 Å². The lowest BCUT2D eigenvalue weighted by atomic mass is 9.67. The van der Waals surface area contributed by atoms with Crippen LogP contribution < -0.4 is 4.90 Å². The van der Waals surface area contributed by atoms with Crippen molar-refractivity contribution in [3.8, 4) is 44.5 Å². The van der Waals surface area contributed by atoms with Gasteiger partial charge in [0.2, 0.25) is 0 Å². The van der Waals surface area contributed by atoms with Crippen LogP contribution in [0, 0.1) is 0 Å². The Morgan fingerprint density at radius 2 is 0.672 bits per heavy atom. The molecule has 0 aliphatic heterocycles. The smallest absolute Gasteiger partial charge is 0.0714 e. The molecule has 0 amide bonds. The van der Waals surface area contributed by atoms with Gasteiger partial charge in [-0.05, 0) is 125 Å². The number of fused-ring (bicyclic) bond motifs is 5. The second kappa shape index (κ2) is 15.6. The Hall–Kier alpha value is -8.26. The van der Waals surface area contributed by atoms with Gasteiger partial charge in [0.1, 0.15) is 0 Å². The molecule has 1 atom stereocenters. The molecule has 0 saturated carbocycles. The standard InChI is InChI=1S/C63H43N/c1-3-15-44(16-4-1)45-29-35-51(36-30-45)63(50-21-5-2-6-22-50)61-28-12-11-25-59(61)60-42-41-54(43-62(60)63)64(52-37-31-48(32-38-52)57-26-13-19-46-17-7-9-23-55(46)57)53-39-33-49(34-40-53)58-27-14-20-47-18-8-10-24-56(47)58/h1-43H. The van der Waals surface area contributed by atoms with Crippen molar-refractivity contribution in [3.05, 3.63) is 283 Å². The predicted octanol–water partition coefficient (Wildman–Crippen LogP) is 16.8. The van der Waals surface area contributed by atoms with Gasteiger partial charge in [-0.15, -0.1) is 0 Å².